The quantitative estimate of drug-likeness (QED) is 0.728. The minimum Gasteiger partial charge on any atom is -0.508 e. The second-order valence-corrected chi connectivity index (χ2v) is 6.11. The largest absolute Gasteiger partial charge is 0.508 e. The van der Waals surface area contributed by atoms with E-state index in [0.717, 1.165) is 15.8 Å². The molecule has 0 aliphatic rings. The third-order valence-corrected chi connectivity index (χ3v) is 4.16. The van der Waals surface area contributed by atoms with E-state index >= 15 is 0 Å². The van der Waals surface area contributed by atoms with E-state index < -0.39 is 0 Å². The van der Waals surface area contributed by atoms with E-state index in [1.165, 1.54) is 10.4 Å². The molecule has 0 unspecified atom stereocenters. The fourth-order valence-corrected chi connectivity index (χ4v) is 3.23. The lowest BCUT2D eigenvalue weighted by atomic mass is 10.1. The van der Waals surface area contributed by atoms with Gasteiger partial charge in [-0.25, -0.2) is 0 Å². The number of benzene rings is 2. The van der Waals surface area contributed by atoms with Crippen LogP contribution in [-0.4, -0.2) is 11.2 Å². The summed E-state index contributed by atoms with van der Waals surface area (Å²) in [5.41, 5.74) is 1.17. The van der Waals surface area contributed by atoms with E-state index in [-0.39, 0.29) is 6.10 Å². The van der Waals surface area contributed by atoms with Crippen molar-refractivity contribution in [1.82, 2.24) is 0 Å². The summed E-state index contributed by atoms with van der Waals surface area (Å²) in [6, 6.07) is 15.8. The minimum absolute atomic E-state index is 0.188. The molecule has 0 aliphatic heterocycles. The van der Waals surface area contributed by atoms with Crippen LogP contribution in [0.5, 0.6) is 11.5 Å². The maximum atomic E-state index is 9.52. The average Bonchev–Trinajstić information content (AvgIpc) is 2.81. The van der Waals surface area contributed by atoms with E-state index in [2.05, 4.69) is 18.2 Å². The number of hydrogen-bond donors (Lipinski definition) is 1. The zero-order valence-electron chi connectivity index (χ0n) is 11.5. The Hall–Kier alpha value is -2.00. The zero-order chi connectivity index (χ0) is 14.1. The molecular weight excluding hydrogens is 268 g/mol. The van der Waals surface area contributed by atoms with Gasteiger partial charge in [0.15, 0.2) is 0 Å². The predicted octanol–water partition coefficient (Wildman–Crippen LogP) is 5.06. The third kappa shape index (κ3) is 2.63. The smallest absolute Gasteiger partial charge is 0.119 e. The fraction of sp³-hybridized carbons (Fsp3) is 0.176. The van der Waals surface area contributed by atoms with Crippen LogP contribution in [-0.2, 0) is 0 Å². The zero-order valence-corrected chi connectivity index (χ0v) is 12.3. The van der Waals surface area contributed by atoms with Crippen molar-refractivity contribution in [3.63, 3.8) is 0 Å². The Morgan fingerprint density at radius 2 is 1.75 bits per heavy atom. The minimum atomic E-state index is 0.188. The fourth-order valence-electron chi connectivity index (χ4n) is 2.13. The van der Waals surface area contributed by atoms with Gasteiger partial charge in [0.2, 0.25) is 0 Å². The van der Waals surface area contributed by atoms with Crippen LogP contribution in [0.15, 0.2) is 48.5 Å². The molecule has 2 nitrogen and oxygen atoms in total. The third-order valence-electron chi connectivity index (χ3n) is 3.01. The van der Waals surface area contributed by atoms with Crippen molar-refractivity contribution in [3.05, 3.63) is 48.5 Å². The van der Waals surface area contributed by atoms with Crippen LogP contribution in [0.4, 0.5) is 0 Å². The Bertz CT molecular complexity index is 726. The van der Waals surface area contributed by atoms with Gasteiger partial charge in [-0.15, -0.1) is 11.3 Å². The molecule has 3 aromatic rings. The van der Waals surface area contributed by atoms with Gasteiger partial charge < -0.3 is 9.84 Å². The van der Waals surface area contributed by atoms with Crippen molar-refractivity contribution in [3.8, 4) is 21.9 Å². The van der Waals surface area contributed by atoms with Crippen LogP contribution < -0.4 is 4.74 Å². The van der Waals surface area contributed by atoms with Crippen LogP contribution >= 0.6 is 11.3 Å². The molecule has 0 radical (unpaired) electrons. The highest BCUT2D eigenvalue weighted by Crippen LogP contribution is 2.35. The summed E-state index contributed by atoms with van der Waals surface area (Å²) < 4.78 is 6.75. The molecule has 0 fully saturated rings. The molecule has 1 N–H and O–H groups in total. The van der Waals surface area contributed by atoms with Gasteiger partial charge in [-0.3, -0.25) is 0 Å². The Kier molecular flexibility index (Phi) is 3.36. The lowest BCUT2D eigenvalue weighted by Gasteiger charge is -2.09. The van der Waals surface area contributed by atoms with Crippen LogP contribution in [0.25, 0.3) is 20.5 Å². The normalized spacial score (nSPS) is 11.2. The van der Waals surface area contributed by atoms with Crippen molar-refractivity contribution in [2.75, 3.05) is 0 Å². The van der Waals surface area contributed by atoms with E-state index in [0.29, 0.717) is 5.75 Å². The topological polar surface area (TPSA) is 29.5 Å². The van der Waals surface area contributed by atoms with E-state index in [9.17, 15) is 5.11 Å². The molecule has 1 aromatic heterocycles. The first-order valence-electron chi connectivity index (χ1n) is 6.61. The van der Waals surface area contributed by atoms with Crippen molar-refractivity contribution < 1.29 is 9.84 Å². The SMILES string of the molecule is CC(C)Oc1ccc(-c2cc3ccc(O)cc3s2)cc1. The van der Waals surface area contributed by atoms with Gasteiger partial charge >= 0.3 is 0 Å². The monoisotopic (exact) mass is 284 g/mol. The summed E-state index contributed by atoms with van der Waals surface area (Å²) in [6.07, 6.45) is 0.188. The van der Waals surface area contributed by atoms with Gasteiger partial charge in [0.1, 0.15) is 11.5 Å². The van der Waals surface area contributed by atoms with Crippen molar-refractivity contribution in [2.24, 2.45) is 0 Å². The predicted molar refractivity (Wildman–Crippen MR) is 84.7 cm³/mol. The highest BCUT2D eigenvalue weighted by atomic mass is 32.1. The highest BCUT2D eigenvalue weighted by Gasteiger charge is 2.06. The number of phenolic OH excluding ortho intramolecular Hbond substituents is 1. The summed E-state index contributed by atoms with van der Waals surface area (Å²) in [5.74, 6) is 1.20. The maximum Gasteiger partial charge on any atom is 0.119 e. The standard InChI is InChI=1S/C17H16O2S/c1-11(2)19-15-7-4-12(5-8-15)16-9-13-3-6-14(18)10-17(13)20-16/h3-11,18H,1-2H3. The Labute approximate surface area is 122 Å². The summed E-state index contributed by atoms with van der Waals surface area (Å²) in [4.78, 5) is 1.20. The molecule has 102 valence electrons. The van der Waals surface area contributed by atoms with Crippen molar-refractivity contribution in [2.45, 2.75) is 20.0 Å². The van der Waals surface area contributed by atoms with Crippen LogP contribution in [0.1, 0.15) is 13.8 Å². The highest BCUT2D eigenvalue weighted by molar-refractivity contribution is 7.22. The summed E-state index contributed by atoms with van der Waals surface area (Å²) in [6.45, 7) is 4.04. The second kappa shape index (κ2) is 5.17. The summed E-state index contributed by atoms with van der Waals surface area (Å²) in [7, 11) is 0. The van der Waals surface area contributed by atoms with Gasteiger partial charge in [0, 0.05) is 9.58 Å². The van der Waals surface area contributed by atoms with Gasteiger partial charge in [-0.05, 0) is 73.3 Å². The molecule has 0 saturated carbocycles. The Morgan fingerprint density at radius 1 is 1.00 bits per heavy atom. The molecule has 1 heterocycles. The molecule has 3 heteroatoms. The van der Waals surface area contributed by atoms with Gasteiger partial charge in [0.05, 0.1) is 6.10 Å². The number of phenols is 1. The van der Waals surface area contributed by atoms with E-state index in [1.54, 1.807) is 23.5 Å². The molecule has 0 amide bonds. The lowest BCUT2D eigenvalue weighted by Crippen LogP contribution is -2.04. The number of thiophene rings is 1. The Morgan fingerprint density at radius 3 is 2.45 bits per heavy atom. The number of hydrogen-bond acceptors (Lipinski definition) is 3. The molecule has 0 atom stereocenters. The van der Waals surface area contributed by atoms with Gasteiger partial charge in [0.25, 0.3) is 0 Å². The molecule has 3 rings (SSSR count). The molecule has 0 saturated heterocycles. The summed E-state index contributed by atoms with van der Waals surface area (Å²) >= 11 is 1.68. The molecule has 0 spiro atoms. The Balaban J connectivity index is 1.94. The number of aromatic hydroxyl groups is 1. The molecular formula is C17H16O2S. The first-order valence-corrected chi connectivity index (χ1v) is 7.43. The maximum absolute atomic E-state index is 9.52. The molecule has 20 heavy (non-hydrogen) atoms. The van der Waals surface area contributed by atoms with Crippen molar-refractivity contribution >= 4 is 21.4 Å². The van der Waals surface area contributed by atoms with Crippen LogP contribution in [0.3, 0.4) is 0 Å². The number of rotatable bonds is 3. The van der Waals surface area contributed by atoms with E-state index in [1.807, 2.05) is 32.0 Å². The van der Waals surface area contributed by atoms with Gasteiger partial charge in [-0.1, -0.05) is 0 Å². The summed E-state index contributed by atoms with van der Waals surface area (Å²) in [5, 5.41) is 10.7. The van der Waals surface area contributed by atoms with Gasteiger partial charge in [-0.2, -0.15) is 0 Å². The van der Waals surface area contributed by atoms with E-state index in [4.69, 9.17) is 4.74 Å². The molecule has 0 bridgehead atoms. The van der Waals surface area contributed by atoms with Crippen LogP contribution in [0.2, 0.25) is 0 Å². The first-order chi connectivity index (χ1) is 9.61. The molecule has 0 aliphatic carbocycles. The number of ether oxygens (including phenoxy) is 1. The number of fused-ring (bicyclic) bond motifs is 1. The average molecular weight is 284 g/mol. The molecule has 2 aromatic carbocycles. The van der Waals surface area contributed by atoms with Crippen LogP contribution in [0, 0.1) is 0 Å². The lowest BCUT2D eigenvalue weighted by molar-refractivity contribution is 0.242. The van der Waals surface area contributed by atoms with Crippen molar-refractivity contribution in [1.29, 1.82) is 0 Å². The second-order valence-electron chi connectivity index (χ2n) is 5.02. The first kappa shape index (κ1) is 13.0.